The van der Waals surface area contributed by atoms with Gasteiger partial charge in [0.05, 0.1) is 19.0 Å². The number of nitrogens with one attached hydrogen (secondary N) is 1. The molecule has 134 valence electrons. The third-order valence-electron chi connectivity index (χ3n) is 4.31. The number of piperazine rings is 1. The number of carbonyl (C=O) groups is 1. The first kappa shape index (κ1) is 18.6. The van der Waals surface area contributed by atoms with Crippen molar-refractivity contribution in [3.8, 4) is 0 Å². The van der Waals surface area contributed by atoms with E-state index in [0.717, 1.165) is 32.8 Å². The lowest BCUT2D eigenvalue weighted by molar-refractivity contribution is -0.127. The minimum atomic E-state index is -3.40. The van der Waals surface area contributed by atoms with Crippen LogP contribution in [0.4, 0.5) is 0 Å². The molecule has 0 aromatic rings. The number of carbonyl (C=O) groups excluding carboxylic acids is 1. The largest absolute Gasteiger partial charge is 0.379 e. The second-order valence-corrected chi connectivity index (χ2v) is 8.71. The summed E-state index contributed by atoms with van der Waals surface area (Å²) in [5, 5.41) is 2.78. The van der Waals surface area contributed by atoms with Crippen molar-refractivity contribution < 1.29 is 17.9 Å². The van der Waals surface area contributed by atoms with Gasteiger partial charge in [-0.05, 0) is 25.3 Å². The zero-order valence-corrected chi connectivity index (χ0v) is 15.0. The molecule has 0 saturated carbocycles. The maximum atomic E-state index is 12.7. The van der Waals surface area contributed by atoms with Crippen molar-refractivity contribution in [1.29, 1.82) is 0 Å². The molecule has 1 atom stereocenters. The minimum Gasteiger partial charge on any atom is -0.379 e. The Morgan fingerprint density at radius 3 is 2.61 bits per heavy atom. The fraction of sp³-hybridized carbons (Fsp3) is 0.933. The number of nitrogens with zero attached hydrogens (tertiary/aromatic N) is 2. The average Bonchev–Trinajstić information content (AvgIpc) is 2.49. The van der Waals surface area contributed by atoms with E-state index in [2.05, 4.69) is 10.2 Å². The summed E-state index contributed by atoms with van der Waals surface area (Å²) < 4.78 is 32.0. The molecule has 8 heteroatoms. The van der Waals surface area contributed by atoms with Crippen LogP contribution in [0.5, 0.6) is 0 Å². The average molecular weight is 347 g/mol. The zero-order valence-electron chi connectivity index (χ0n) is 14.2. The predicted molar refractivity (Wildman–Crippen MR) is 88.6 cm³/mol. The molecule has 7 nitrogen and oxygen atoms in total. The SMILES string of the molecule is CC(C)C[C@H]1C(=O)NCCN1S(=O)(=O)CCCN1CCOCC1. The van der Waals surface area contributed by atoms with Crippen molar-refractivity contribution >= 4 is 15.9 Å². The third-order valence-corrected chi connectivity index (χ3v) is 6.27. The number of morpholine rings is 1. The lowest BCUT2D eigenvalue weighted by Gasteiger charge is -2.35. The molecule has 0 radical (unpaired) electrons. The molecule has 2 saturated heterocycles. The quantitative estimate of drug-likeness (QED) is 0.695. The number of hydrogen-bond donors (Lipinski definition) is 1. The number of amides is 1. The molecule has 0 bridgehead atoms. The molecule has 2 heterocycles. The summed E-state index contributed by atoms with van der Waals surface area (Å²) in [6, 6.07) is -0.558. The summed E-state index contributed by atoms with van der Waals surface area (Å²) in [5.74, 6) is 0.211. The summed E-state index contributed by atoms with van der Waals surface area (Å²) >= 11 is 0. The molecule has 0 aliphatic carbocycles. The second kappa shape index (κ2) is 8.41. The van der Waals surface area contributed by atoms with E-state index in [9.17, 15) is 13.2 Å². The molecule has 2 aliphatic rings. The first-order chi connectivity index (χ1) is 10.9. The Bertz CT molecular complexity index is 489. The van der Waals surface area contributed by atoms with Crippen molar-refractivity contribution in [2.75, 3.05) is 51.7 Å². The van der Waals surface area contributed by atoms with Crippen LogP contribution < -0.4 is 5.32 Å². The Hall–Kier alpha value is -0.700. The van der Waals surface area contributed by atoms with Gasteiger partial charge in [0.1, 0.15) is 6.04 Å². The lowest BCUT2D eigenvalue weighted by atomic mass is 10.0. The standard InChI is InChI=1S/C15H29N3O4S/c1-13(2)12-14-15(19)16-4-6-18(14)23(20,21)11-3-5-17-7-9-22-10-8-17/h13-14H,3-12H2,1-2H3,(H,16,19)/t14-/m0/s1. The molecule has 2 fully saturated rings. The van der Waals surface area contributed by atoms with Gasteiger partial charge < -0.3 is 10.1 Å². The van der Waals surface area contributed by atoms with Gasteiger partial charge in [-0.25, -0.2) is 8.42 Å². The van der Waals surface area contributed by atoms with Crippen LogP contribution in [0.25, 0.3) is 0 Å². The van der Waals surface area contributed by atoms with E-state index in [1.54, 1.807) is 0 Å². The van der Waals surface area contributed by atoms with Crippen molar-refractivity contribution in [3.63, 3.8) is 0 Å². The van der Waals surface area contributed by atoms with E-state index < -0.39 is 16.1 Å². The highest BCUT2D eigenvalue weighted by molar-refractivity contribution is 7.89. The Kier molecular flexibility index (Phi) is 6.82. The van der Waals surface area contributed by atoms with Crippen LogP contribution in [0.15, 0.2) is 0 Å². The van der Waals surface area contributed by atoms with Gasteiger partial charge in [0, 0.05) is 26.2 Å². The van der Waals surface area contributed by atoms with E-state index >= 15 is 0 Å². The molecule has 0 unspecified atom stereocenters. The van der Waals surface area contributed by atoms with E-state index in [-0.39, 0.29) is 17.6 Å². The Morgan fingerprint density at radius 2 is 1.96 bits per heavy atom. The smallest absolute Gasteiger partial charge is 0.238 e. The Labute approximate surface area is 139 Å². The number of hydrogen-bond acceptors (Lipinski definition) is 5. The van der Waals surface area contributed by atoms with E-state index in [4.69, 9.17) is 4.74 Å². The predicted octanol–water partition coefficient (Wildman–Crippen LogP) is -0.115. The Balaban J connectivity index is 1.91. The van der Waals surface area contributed by atoms with Crippen LogP contribution in [0.3, 0.4) is 0 Å². The van der Waals surface area contributed by atoms with E-state index in [1.165, 1.54) is 4.31 Å². The van der Waals surface area contributed by atoms with Crippen LogP contribution in [0, 0.1) is 5.92 Å². The summed E-state index contributed by atoms with van der Waals surface area (Å²) in [6.45, 7) is 8.71. The highest BCUT2D eigenvalue weighted by atomic mass is 32.2. The molecule has 2 rings (SSSR count). The van der Waals surface area contributed by atoms with Gasteiger partial charge >= 0.3 is 0 Å². The highest BCUT2D eigenvalue weighted by Gasteiger charge is 2.37. The van der Waals surface area contributed by atoms with Crippen LogP contribution in [0.2, 0.25) is 0 Å². The summed E-state index contributed by atoms with van der Waals surface area (Å²) in [7, 11) is -3.40. The molecule has 1 amide bonds. The summed E-state index contributed by atoms with van der Waals surface area (Å²) in [5.41, 5.74) is 0. The van der Waals surface area contributed by atoms with Gasteiger partial charge in [-0.15, -0.1) is 0 Å². The van der Waals surface area contributed by atoms with Gasteiger partial charge in [0.2, 0.25) is 15.9 Å². The molecule has 0 aromatic heterocycles. The first-order valence-corrected chi connectivity index (χ1v) is 10.1. The van der Waals surface area contributed by atoms with Crippen LogP contribution in [-0.2, 0) is 19.6 Å². The monoisotopic (exact) mass is 347 g/mol. The first-order valence-electron chi connectivity index (χ1n) is 8.47. The number of sulfonamides is 1. The Morgan fingerprint density at radius 1 is 1.26 bits per heavy atom. The van der Waals surface area contributed by atoms with Gasteiger partial charge in [0.15, 0.2) is 0 Å². The maximum absolute atomic E-state index is 12.7. The molecule has 1 N–H and O–H groups in total. The highest BCUT2D eigenvalue weighted by Crippen LogP contribution is 2.19. The molecular formula is C15H29N3O4S. The fourth-order valence-corrected chi connectivity index (χ4v) is 4.78. The molecule has 23 heavy (non-hydrogen) atoms. The zero-order chi connectivity index (χ0) is 16.9. The molecule has 0 spiro atoms. The number of ether oxygens (including phenoxy) is 1. The van der Waals surface area contributed by atoms with Crippen molar-refractivity contribution in [2.24, 2.45) is 5.92 Å². The summed E-state index contributed by atoms with van der Waals surface area (Å²) in [4.78, 5) is 14.3. The van der Waals surface area contributed by atoms with Gasteiger partial charge in [-0.3, -0.25) is 9.69 Å². The van der Waals surface area contributed by atoms with Gasteiger partial charge in [-0.1, -0.05) is 13.8 Å². The van der Waals surface area contributed by atoms with Crippen molar-refractivity contribution in [1.82, 2.24) is 14.5 Å². The second-order valence-electron chi connectivity index (χ2n) is 6.67. The van der Waals surface area contributed by atoms with Gasteiger partial charge in [-0.2, -0.15) is 4.31 Å². The van der Waals surface area contributed by atoms with Crippen LogP contribution in [0.1, 0.15) is 26.7 Å². The number of rotatable bonds is 7. The lowest BCUT2D eigenvalue weighted by Crippen LogP contribution is -2.57. The fourth-order valence-electron chi connectivity index (χ4n) is 3.11. The van der Waals surface area contributed by atoms with Crippen LogP contribution in [-0.4, -0.2) is 81.3 Å². The molecular weight excluding hydrogens is 318 g/mol. The normalized spacial score (nSPS) is 24.8. The third kappa shape index (κ3) is 5.41. The van der Waals surface area contributed by atoms with Crippen molar-refractivity contribution in [2.45, 2.75) is 32.7 Å². The molecule has 2 aliphatic heterocycles. The van der Waals surface area contributed by atoms with E-state index in [1.807, 2.05) is 13.8 Å². The van der Waals surface area contributed by atoms with Crippen molar-refractivity contribution in [3.05, 3.63) is 0 Å². The van der Waals surface area contributed by atoms with Crippen LogP contribution >= 0.6 is 0 Å². The maximum Gasteiger partial charge on any atom is 0.238 e. The minimum absolute atomic E-state index is 0.103. The summed E-state index contributed by atoms with van der Waals surface area (Å²) in [6.07, 6.45) is 1.16. The topological polar surface area (TPSA) is 79.0 Å². The van der Waals surface area contributed by atoms with E-state index in [0.29, 0.717) is 25.9 Å². The molecule has 0 aromatic carbocycles. The van der Waals surface area contributed by atoms with Gasteiger partial charge in [0.25, 0.3) is 0 Å².